The first-order valence-corrected chi connectivity index (χ1v) is 10.2. The number of amides is 2. The molecule has 2 aromatic carbocycles. The summed E-state index contributed by atoms with van der Waals surface area (Å²) in [6, 6.07) is 17.2. The van der Waals surface area contributed by atoms with E-state index < -0.39 is 5.54 Å². The Kier molecular flexibility index (Phi) is 5.27. The number of carbonyl (C=O) groups is 2. The number of hydrazone groups is 1. The summed E-state index contributed by atoms with van der Waals surface area (Å²) >= 11 is 0. The Hall–Kier alpha value is -3.61. The summed E-state index contributed by atoms with van der Waals surface area (Å²) in [7, 11) is 1.62. The Morgan fingerprint density at radius 2 is 1.84 bits per heavy atom. The van der Waals surface area contributed by atoms with Crippen LogP contribution in [0, 0.1) is 0 Å². The number of ether oxygens (including phenoxy) is 1. The van der Waals surface area contributed by atoms with Crippen LogP contribution in [0.5, 0.6) is 5.75 Å². The molecule has 0 saturated carbocycles. The zero-order valence-corrected chi connectivity index (χ0v) is 18.2. The predicted octanol–water partition coefficient (Wildman–Crippen LogP) is 3.42. The van der Waals surface area contributed by atoms with Crippen LogP contribution in [0.4, 0.5) is 0 Å². The van der Waals surface area contributed by atoms with Crippen LogP contribution in [0.25, 0.3) is 10.9 Å². The second-order valence-electron chi connectivity index (χ2n) is 8.61. The van der Waals surface area contributed by atoms with E-state index >= 15 is 0 Å². The summed E-state index contributed by atoms with van der Waals surface area (Å²) in [5, 5.41) is 9.76. The Morgan fingerprint density at radius 1 is 1.13 bits per heavy atom. The first kappa shape index (κ1) is 20.7. The van der Waals surface area contributed by atoms with Crippen molar-refractivity contribution in [1.82, 2.24) is 14.9 Å². The number of hydrogen-bond donors (Lipinski definition) is 1. The van der Waals surface area contributed by atoms with Gasteiger partial charge in [0.15, 0.2) is 0 Å². The fraction of sp³-hybridized carbons (Fsp3) is 0.292. The summed E-state index contributed by atoms with van der Waals surface area (Å²) in [6.07, 6.45) is 0. The maximum Gasteiger partial charge on any atom is 0.291 e. The molecule has 0 bridgehead atoms. The van der Waals surface area contributed by atoms with Crippen molar-refractivity contribution in [2.75, 3.05) is 13.7 Å². The van der Waals surface area contributed by atoms with Gasteiger partial charge < -0.3 is 14.6 Å². The number of hydrogen-bond acceptors (Lipinski definition) is 4. The van der Waals surface area contributed by atoms with Gasteiger partial charge in [0.25, 0.3) is 5.91 Å². The number of aromatic nitrogens is 1. The van der Waals surface area contributed by atoms with Crippen LogP contribution < -0.4 is 10.1 Å². The van der Waals surface area contributed by atoms with Crippen molar-refractivity contribution in [3.63, 3.8) is 0 Å². The minimum absolute atomic E-state index is 0.155. The fourth-order valence-corrected chi connectivity index (χ4v) is 3.70. The summed E-state index contributed by atoms with van der Waals surface area (Å²) in [5.41, 5.74) is 2.62. The molecule has 0 radical (unpaired) electrons. The molecular weight excluding hydrogens is 392 g/mol. The molecule has 0 spiro atoms. The molecule has 31 heavy (non-hydrogen) atoms. The van der Waals surface area contributed by atoms with Crippen molar-refractivity contribution in [2.24, 2.45) is 5.10 Å². The number of rotatable bonds is 4. The van der Waals surface area contributed by atoms with Gasteiger partial charge in [-0.25, -0.2) is 5.01 Å². The van der Waals surface area contributed by atoms with Crippen LogP contribution in [0.2, 0.25) is 0 Å². The maximum atomic E-state index is 13.4. The Bertz CT molecular complexity index is 1170. The second kappa shape index (κ2) is 7.91. The van der Waals surface area contributed by atoms with Crippen LogP contribution >= 0.6 is 0 Å². The predicted molar refractivity (Wildman–Crippen MR) is 120 cm³/mol. The zero-order valence-electron chi connectivity index (χ0n) is 18.2. The van der Waals surface area contributed by atoms with E-state index in [4.69, 9.17) is 4.74 Å². The van der Waals surface area contributed by atoms with Crippen LogP contribution in [0.3, 0.4) is 0 Å². The van der Waals surface area contributed by atoms with E-state index in [9.17, 15) is 9.59 Å². The highest BCUT2D eigenvalue weighted by Crippen LogP contribution is 2.25. The number of carbonyl (C=O) groups excluding carboxylic acids is 2. The molecule has 2 amide bonds. The van der Waals surface area contributed by atoms with E-state index in [1.54, 1.807) is 7.11 Å². The monoisotopic (exact) mass is 418 g/mol. The molecule has 0 saturated heterocycles. The van der Waals surface area contributed by atoms with Gasteiger partial charge >= 0.3 is 0 Å². The lowest BCUT2D eigenvalue weighted by atomic mass is 10.1. The van der Waals surface area contributed by atoms with Gasteiger partial charge in [-0.3, -0.25) is 9.59 Å². The third-order valence-electron chi connectivity index (χ3n) is 5.04. The molecule has 0 atom stereocenters. The van der Waals surface area contributed by atoms with Crippen molar-refractivity contribution in [3.05, 3.63) is 65.9 Å². The van der Waals surface area contributed by atoms with Gasteiger partial charge in [-0.2, -0.15) is 5.10 Å². The molecule has 7 nitrogen and oxygen atoms in total. The minimum Gasteiger partial charge on any atom is -0.497 e. The van der Waals surface area contributed by atoms with Crippen LogP contribution in [0.1, 0.15) is 36.8 Å². The van der Waals surface area contributed by atoms with Gasteiger partial charge in [0.05, 0.1) is 19.4 Å². The molecule has 3 aromatic rings. The highest BCUT2D eigenvalue weighted by Gasteiger charge is 2.28. The van der Waals surface area contributed by atoms with Gasteiger partial charge in [0, 0.05) is 16.4 Å². The molecule has 0 unspecified atom stereocenters. The lowest BCUT2D eigenvalue weighted by Gasteiger charge is -2.23. The number of para-hydroxylation sites is 1. The van der Waals surface area contributed by atoms with E-state index in [2.05, 4.69) is 10.4 Å². The normalized spacial score (nSPS) is 14.1. The van der Waals surface area contributed by atoms with Gasteiger partial charge in [-0.05, 0) is 62.7 Å². The zero-order chi connectivity index (χ0) is 22.2. The summed E-state index contributed by atoms with van der Waals surface area (Å²) < 4.78 is 7.22. The number of nitrogens with zero attached hydrogens (tertiary/aromatic N) is 3. The average molecular weight is 418 g/mol. The fourth-order valence-electron chi connectivity index (χ4n) is 3.70. The third kappa shape index (κ3) is 4.30. The first-order chi connectivity index (χ1) is 14.7. The van der Waals surface area contributed by atoms with Crippen LogP contribution in [-0.4, -0.2) is 46.3 Å². The largest absolute Gasteiger partial charge is 0.497 e. The third-order valence-corrected chi connectivity index (χ3v) is 5.04. The molecule has 0 aliphatic carbocycles. The average Bonchev–Trinajstić information content (AvgIpc) is 3.03. The number of methoxy groups -OCH3 is 1. The van der Waals surface area contributed by atoms with Gasteiger partial charge in [-0.1, -0.05) is 18.2 Å². The number of benzene rings is 2. The Labute approximate surface area is 181 Å². The molecule has 7 heteroatoms. The van der Waals surface area contributed by atoms with E-state index in [-0.39, 0.29) is 18.4 Å². The molecular formula is C24H26N4O3. The van der Waals surface area contributed by atoms with Gasteiger partial charge in [0.1, 0.15) is 18.0 Å². The van der Waals surface area contributed by atoms with Crippen molar-refractivity contribution < 1.29 is 14.3 Å². The molecule has 1 N–H and O–H groups in total. The molecule has 2 heterocycles. The number of nitrogens with one attached hydrogen (secondary N) is 1. The molecule has 0 fully saturated rings. The Balaban J connectivity index is 1.78. The quantitative estimate of drug-likeness (QED) is 0.705. The van der Waals surface area contributed by atoms with Crippen molar-refractivity contribution >= 4 is 28.4 Å². The van der Waals surface area contributed by atoms with E-state index in [1.807, 2.05) is 79.9 Å². The smallest absolute Gasteiger partial charge is 0.291 e. The van der Waals surface area contributed by atoms with Crippen LogP contribution in [-0.2, 0) is 11.3 Å². The van der Waals surface area contributed by atoms with Crippen molar-refractivity contribution in [1.29, 1.82) is 0 Å². The summed E-state index contributed by atoms with van der Waals surface area (Å²) in [6.45, 7) is 5.97. The van der Waals surface area contributed by atoms with E-state index in [0.29, 0.717) is 18.0 Å². The summed E-state index contributed by atoms with van der Waals surface area (Å²) in [5.74, 6) is 0.176. The van der Waals surface area contributed by atoms with Crippen molar-refractivity contribution in [3.8, 4) is 5.75 Å². The second-order valence-corrected chi connectivity index (χ2v) is 8.61. The molecule has 4 rings (SSSR count). The highest BCUT2D eigenvalue weighted by molar-refractivity contribution is 6.07. The van der Waals surface area contributed by atoms with Gasteiger partial charge in [-0.15, -0.1) is 0 Å². The topological polar surface area (TPSA) is 75.9 Å². The van der Waals surface area contributed by atoms with Crippen molar-refractivity contribution in [2.45, 2.75) is 32.9 Å². The SMILES string of the molecule is COc1ccc(C2=NN(CC(=O)NC(C)(C)C)C(=O)c3cc4ccccc4n3C2)cc1. The lowest BCUT2D eigenvalue weighted by molar-refractivity contribution is -0.123. The van der Waals surface area contributed by atoms with E-state index in [1.165, 1.54) is 5.01 Å². The summed E-state index contributed by atoms with van der Waals surface area (Å²) in [4.78, 5) is 26.0. The minimum atomic E-state index is -0.399. The highest BCUT2D eigenvalue weighted by atomic mass is 16.5. The standard InChI is InChI=1S/C24H26N4O3/c1-24(2,3)25-22(29)15-28-23(30)21-13-17-7-5-6-8-20(17)27(21)14-19(26-28)16-9-11-18(31-4)12-10-16/h5-13H,14-15H2,1-4H3,(H,25,29). The number of fused-ring (bicyclic) bond motifs is 3. The maximum absolute atomic E-state index is 13.4. The van der Waals surface area contributed by atoms with E-state index in [0.717, 1.165) is 22.2 Å². The molecule has 1 aliphatic rings. The molecule has 160 valence electrons. The molecule has 1 aliphatic heterocycles. The molecule has 1 aromatic heterocycles. The Morgan fingerprint density at radius 3 is 2.52 bits per heavy atom. The van der Waals surface area contributed by atoms with Gasteiger partial charge in [0.2, 0.25) is 5.91 Å². The van der Waals surface area contributed by atoms with Crippen LogP contribution in [0.15, 0.2) is 59.7 Å². The lowest BCUT2D eigenvalue weighted by Crippen LogP contribution is -2.46. The first-order valence-electron chi connectivity index (χ1n) is 10.2.